The first-order chi connectivity index (χ1) is 4.46. The molecule has 1 unspecified atom stereocenters. The average molecular weight is 142 g/mol. The highest BCUT2D eigenvalue weighted by atomic mass is 16.3. The van der Waals surface area contributed by atoms with Gasteiger partial charge < -0.3 is 5.11 Å². The molecule has 0 aliphatic heterocycles. The molecule has 10 heavy (non-hydrogen) atoms. The van der Waals surface area contributed by atoms with Crippen molar-refractivity contribution in [3.8, 4) is 0 Å². The van der Waals surface area contributed by atoms with Gasteiger partial charge in [-0.25, -0.2) is 0 Å². The summed E-state index contributed by atoms with van der Waals surface area (Å²) in [6.45, 7) is 6.90. The van der Waals surface area contributed by atoms with Crippen LogP contribution in [0, 0.1) is 0 Å². The maximum absolute atomic E-state index is 10.6. The van der Waals surface area contributed by atoms with Gasteiger partial charge in [0.15, 0.2) is 5.78 Å². The molecule has 0 bridgehead atoms. The molecule has 0 aliphatic carbocycles. The fourth-order valence-electron chi connectivity index (χ4n) is 0.578. The van der Waals surface area contributed by atoms with Crippen molar-refractivity contribution >= 4 is 5.78 Å². The number of carbonyl (C=O) groups is 1. The molecule has 58 valence electrons. The lowest BCUT2D eigenvalue weighted by Crippen LogP contribution is -2.18. The molecule has 0 spiro atoms. The monoisotopic (exact) mass is 142 g/mol. The molecule has 0 aliphatic rings. The summed E-state index contributed by atoms with van der Waals surface area (Å²) in [5.74, 6) is -0.196. The standard InChI is InChI=1S/C8H14O2/c1-5(2)6(3)8(10)7(4)9/h8,10H,1-4H3. The summed E-state index contributed by atoms with van der Waals surface area (Å²) in [6, 6.07) is 0. The van der Waals surface area contributed by atoms with Gasteiger partial charge in [-0.1, -0.05) is 5.57 Å². The predicted octanol–water partition coefficient (Wildman–Crippen LogP) is 1.29. The van der Waals surface area contributed by atoms with Crippen molar-refractivity contribution in [1.29, 1.82) is 0 Å². The Morgan fingerprint density at radius 1 is 1.20 bits per heavy atom. The minimum absolute atomic E-state index is 0.196. The van der Waals surface area contributed by atoms with Crippen LogP contribution in [-0.2, 0) is 4.79 Å². The number of allylic oxidation sites excluding steroid dienone is 1. The molecule has 0 aromatic heterocycles. The van der Waals surface area contributed by atoms with Crippen molar-refractivity contribution in [3.05, 3.63) is 11.1 Å². The van der Waals surface area contributed by atoms with Crippen molar-refractivity contribution in [2.75, 3.05) is 0 Å². The van der Waals surface area contributed by atoms with Crippen molar-refractivity contribution in [2.24, 2.45) is 0 Å². The Hall–Kier alpha value is -0.630. The number of Topliss-reactive ketones (excluding diaryl/α,β-unsaturated/α-hetero) is 1. The van der Waals surface area contributed by atoms with E-state index in [4.69, 9.17) is 5.11 Å². The normalized spacial score (nSPS) is 12.5. The average Bonchev–Trinajstić information content (AvgIpc) is 1.84. The van der Waals surface area contributed by atoms with Gasteiger partial charge in [0.2, 0.25) is 0 Å². The predicted molar refractivity (Wildman–Crippen MR) is 40.7 cm³/mol. The summed E-state index contributed by atoms with van der Waals surface area (Å²) in [5, 5.41) is 9.16. The van der Waals surface area contributed by atoms with E-state index in [1.165, 1.54) is 6.92 Å². The molecule has 0 fully saturated rings. The Kier molecular flexibility index (Phi) is 3.30. The second kappa shape index (κ2) is 3.52. The highest BCUT2D eigenvalue weighted by molar-refractivity contribution is 5.83. The number of aliphatic hydroxyl groups is 1. The van der Waals surface area contributed by atoms with E-state index in [2.05, 4.69) is 0 Å². The lowest BCUT2D eigenvalue weighted by Gasteiger charge is -2.08. The van der Waals surface area contributed by atoms with Crippen molar-refractivity contribution in [1.82, 2.24) is 0 Å². The van der Waals surface area contributed by atoms with Crippen molar-refractivity contribution in [3.63, 3.8) is 0 Å². The third-order valence-electron chi connectivity index (χ3n) is 1.58. The molecule has 0 saturated carbocycles. The van der Waals surface area contributed by atoms with Crippen LogP contribution < -0.4 is 0 Å². The fourth-order valence-corrected chi connectivity index (χ4v) is 0.578. The molecule has 0 aromatic rings. The Bertz CT molecular complexity index is 164. The van der Waals surface area contributed by atoms with E-state index >= 15 is 0 Å². The lowest BCUT2D eigenvalue weighted by molar-refractivity contribution is -0.123. The Labute approximate surface area is 61.6 Å². The van der Waals surface area contributed by atoms with Crippen molar-refractivity contribution in [2.45, 2.75) is 33.8 Å². The number of carbonyl (C=O) groups excluding carboxylic acids is 1. The quantitative estimate of drug-likeness (QED) is 0.590. The number of hydrogen-bond acceptors (Lipinski definition) is 2. The molecule has 1 atom stereocenters. The fraction of sp³-hybridized carbons (Fsp3) is 0.625. The summed E-state index contributed by atoms with van der Waals surface area (Å²) >= 11 is 0. The van der Waals surface area contributed by atoms with Crippen LogP contribution in [0.1, 0.15) is 27.7 Å². The van der Waals surface area contributed by atoms with Gasteiger partial charge in [0.1, 0.15) is 6.10 Å². The number of ketones is 1. The molecular formula is C8H14O2. The molecule has 0 rings (SSSR count). The van der Waals surface area contributed by atoms with E-state index < -0.39 is 6.10 Å². The molecule has 0 heterocycles. The molecular weight excluding hydrogens is 128 g/mol. The summed E-state index contributed by atoms with van der Waals surface area (Å²) in [5.41, 5.74) is 1.76. The van der Waals surface area contributed by atoms with E-state index in [1.54, 1.807) is 6.92 Å². The van der Waals surface area contributed by atoms with Gasteiger partial charge in [0.25, 0.3) is 0 Å². The SMILES string of the molecule is CC(=O)C(O)C(C)=C(C)C. The van der Waals surface area contributed by atoms with Crippen LogP contribution in [-0.4, -0.2) is 17.0 Å². The van der Waals surface area contributed by atoms with Crippen molar-refractivity contribution < 1.29 is 9.90 Å². The van der Waals surface area contributed by atoms with E-state index in [1.807, 2.05) is 13.8 Å². The van der Waals surface area contributed by atoms with Gasteiger partial charge in [-0.05, 0) is 33.3 Å². The van der Waals surface area contributed by atoms with Crippen LogP contribution in [0.15, 0.2) is 11.1 Å². The minimum Gasteiger partial charge on any atom is -0.381 e. The van der Waals surface area contributed by atoms with Crippen LogP contribution in [0.5, 0.6) is 0 Å². The largest absolute Gasteiger partial charge is 0.381 e. The van der Waals surface area contributed by atoms with Gasteiger partial charge in [-0.2, -0.15) is 0 Å². The molecule has 2 heteroatoms. The first-order valence-corrected chi connectivity index (χ1v) is 3.29. The summed E-state index contributed by atoms with van der Waals surface area (Å²) in [7, 11) is 0. The molecule has 0 aromatic carbocycles. The smallest absolute Gasteiger partial charge is 0.162 e. The van der Waals surface area contributed by atoms with Gasteiger partial charge in [-0.15, -0.1) is 0 Å². The minimum atomic E-state index is -0.898. The van der Waals surface area contributed by atoms with E-state index in [0.29, 0.717) is 0 Å². The van der Waals surface area contributed by atoms with Crippen LogP contribution in [0.25, 0.3) is 0 Å². The van der Waals surface area contributed by atoms with Crippen LogP contribution in [0.4, 0.5) is 0 Å². The number of aliphatic hydroxyl groups excluding tert-OH is 1. The number of rotatable bonds is 2. The Morgan fingerprint density at radius 2 is 1.60 bits per heavy atom. The van der Waals surface area contributed by atoms with Gasteiger partial charge in [-0.3, -0.25) is 4.79 Å². The zero-order chi connectivity index (χ0) is 8.31. The number of hydrogen-bond donors (Lipinski definition) is 1. The highest BCUT2D eigenvalue weighted by Crippen LogP contribution is 2.07. The van der Waals surface area contributed by atoms with Crippen LogP contribution in [0.3, 0.4) is 0 Å². The van der Waals surface area contributed by atoms with Gasteiger partial charge in [0.05, 0.1) is 0 Å². The van der Waals surface area contributed by atoms with Gasteiger partial charge in [0, 0.05) is 0 Å². The second-order valence-corrected chi connectivity index (χ2v) is 2.70. The third-order valence-corrected chi connectivity index (χ3v) is 1.58. The topological polar surface area (TPSA) is 37.3 Å². The highest BCUT2D eigenvalue weighted by Gasteiger charge is 2.11. The van der Waals surface area contributed by atoms with E-state index in [0.717, 1.165) is 11.1 Å². The Morgan fingerprint density at radius 3 is 1.70 bits per heavy atom. The summed E-state index contributed by atoms with van der Waals surface area (Å²) < 4.78 is 0. The zero-order valence-electron chi connectivity index (χ0n) is 6.93. The van der Waals surface area contributed by atoms with E-state index in [-0.39, 0.29) is 5.78 Å². The summed E-state index contributed by atoms with van der Waals surface area (Å²) in [4.78, 5) is 10.6. The van der Waals surface area contributed by atoms with Crippen LogP contribution in [0.2, 0.25) is 0 Å². The lowest BCUT2D eigenvalue weighted by atomic mass is 10.0. The second-order valence-electron chi connectivity index (χ2n) is 2.70. The third kappa shape index (κ3) is 2.31. The first-order valence-electron chi connectivity index (χ1n) is 3.29. The molecule has 0 radical (unpaired) electrons. The summed E-state index contributed by atoms with van der Waals surface area (Å²) in [6.07, 6.45) is -0.898. The Balaban J connectivity index is 4.37. The van der Waals surface area contributed by atoms with Gasteiger partial charge >= 0.3 is 0 Å². The zero-order valence-corrected chi connectivity index (χ0v) is 6.93. The maximum Gasteiger partial charge on any atom is 0.162 e. The van der Waals surface area contributed by atoms with Crippen LogP contribution >= 0.6 is 0 Å². The molecule has 0 amide bonds. The molecule has 2 nitrogen and oxygen atoms in total. The molecule has 0 saturated heterocycles. The first kappa shape index (κ1) is 9.37. The maximum atomic E-state index is 10.6. The van der Waals surface area contributed by atoms with E-state index in [9.17, 15) is 4.79 Å². The molecule has 1 N–H and O–H groups in total.